The van der Waals surface area contributed by atoms with Crippen molar-refractivity contribution in [3.8, 4) is 0 Å². The molecule has 0 fully saturated rings. The predicted molar refractivity (Wildman–Crippen MR) is 141 cm³/mol. The number of para-hydroxylation sites is 1. The Balaban J connectivity index is 1.61. The van der Waals surface area contributed by atoms with Gasteiger partial charge in [-0.1, -0.05) is 90.5 Å². The third-order valence-electron chi connectivity index (χ3n) is 5.36. The molecular formula is C28H25ClN4O2. The summed E-state index contributed by atoms with van der Waals surface area (Å²) >= 11 is 5.95. The van der Waals surface area contributed by atoms with Gasteiger partial charge in [0.15, 0.2) is 0 Å². The van der Waals surface area contributed by atoms with Crippen molar-refractivity contribution >= 4 is 35.0 Å². The van der Waals surface area contributed by atoms with Gasteiger partial charge in [0.1, 0.15) is 0 Å². The second-order valence-electron chi connectivity index (χ2n) is 7.85. The fraction of sp³-hybridized carbons (Fsp3) is 0.0714. The van der Waals surface area contributed by atoms with Crippen molar-refractivity contribution < 1.29 is 9.59 Å². The lowest BCUT2D eigenvalue weighted by Gasteiger charge is -2.30. The first-order valence-electron chi connectivity index (χ1n) is 11.1. The minimum absolute atomic E-state index is 0.383. The number of hydrogen-bond donors (Lipinski definition) is 4. The zero-order valence-electron chi connectivity index (χ0n) is 18.8. The van der Waals surface area contributed by atoms with E-state index in [0.29, 0.717) is 16.4 Å². The Morgan fingerprint density at radius 3 is 1.31 bits per heavy atom. The third kappa shape index (κ3) is 6.85. The van der Waals surface area contributed by atoms with Gasteiger partial charge in [-0.2, -0.15) is 0 Å². The summed E-state index contributed by atoms with van der Waals surface area (Å²) in [4.78, 5) is 26.0. The number of hydrogen-bond acceptors (Lipinski definition) is 2. The van der Waals surface area contributed by atoms with E-state index in [1.54, 1.807) is 24.3 Å². The average Bonchev–Trinajstić information content (AvgIpc) is 2.89. The molecule has 4 rings (SSSR count). The van der Waals surface area contributed by atoms with E-state index in [0.717, 1.165) is 11.1 Å². The maximum atomic E-state index is 13.0. The monoisotopic (exact) mass is 484 g/mol. The zero-order valence-corrected chi connectivity index (χ0v) is 19.6. The summed E-state index contributed by atoms with van der Waals surface area (Å²) in [6.07, 6.45) is 0. The lowest BCUT2D eigenvalue weighted by molar-refractivity contribution is 0.236. The Bertz CT molecular complexity index is 1240. The Labute approximate surface area is 209 Å². The number of anilines is 2. The van der Waals surface area contributed by atoms with Crippen molar-refractivity contribution in [2.24, 2.45) is 0 Å². The van der Waals surface area contributed by atoms with Crippen LogP contribution < -0.4 is 21.3 Å². The Morgan fingerprint density at radius 1 is 0.514 bits per heavy atom. The quantitative estimate of drug-likeness (QED) is 0.233. The third-order valence-corrected chi connectivity index (χ3v) is 5.61. The van der Waals surface area contributed by atoms with Crippen LogP contribution in [0.2, 0.25) is 5.02 Å². The predicted octanol–water partition coefficient (Wildman–Crippen LogP) is 6.77. The van der Waals surface area contributed by atoms with E-state index in [1.807, 2.05) is 91.0 Å². The molecule has 4 N–H and O–H groups in total. The number of amides is 4. The second-order valence-corrected chi connectivity index (χ2v) is 8.28. The molecule has 0 aliphatic carbocycles. The molecule has 0 radical (unpaired) electrons. The van der Waals surface area contributed by atoms with Crippen LogP contribution in [0.4, 0.5) is 21.0 Å². The molecule has 7 heteroatoms. The van der Waals surface area contributed by atoms with Gasteiger partial charge >= 0.3 is 12.1 Å². The van der Waals surface area contributed by atoms with Crippen LogP contribution in [-0.2, 0) is 0 Å². The van der Waals surface area contributed by atoms with Crippen molar-refractivity contribution in [3.63, 3.8) is 0 Å². The molecule has 2 unspecified atom stereocenters. The van der Waals surface area contributed by atoms with Crippen LogP contribution in [0.25, 0.3) is 0 Å². The molecule has 4 aromatic rings. The first-order valence-corrected chi connectivity index (χ1v) is 11.5. The number of carbonyl (C=O) groups excluding carboxylic acids is 2. The first kappa shape index (κ1) is 23.9. The molecule has 0 bridgehead atoms. The molecule has 0 spiro atoms. The van der Waals surface area contributed by atoms with Crippen molar-refractivity contribution in [1.29, 1.82) is 0 Å². The molecule has 0 saturated heterocycles. The molecular weight excluding hydrogens is 460 g/mol. The van der Waals surface area contributed by atoms with Crippen LogP contribution in [0.3, 0.4) is 0 Å². The van der Waals surface area contributed by atoms with E-state index in [2.05, 4.69) is 21.3 Å². The highest BCUT2D eigenvalue weighted by molar-refractivity contribution is 6.30. The van der Waals surface area contributed by atoms with E-state index in [-0.39, 0.29) is 6.03 Å². The van der Waals surface area contributed by atoms with Crippen LogP contribution in [0.5, 0.6) is 0 Å². The summed E-state index contributed by atoms with van der Waals surface area (Å²) in [5, 5.41) is 12.4. The highest BCUT2D eigenvalue weighted by Crippen LogP contribution is 2.29. The fourth-order valence-electron chi connectivity index (χ4n) is 3.71. The maximum absolute atomic E-state index is 13.0. The largest absolute Gasteiger partial charge is 0.329 e. The summed E-state index contributed by atoms with van der Waals surface area (Å²) in [7, 11) is 0. The van der Waals surface area contributed by atoms with Crippen LogP contribution >= 0.6 is 11.6 Å². The minimum Gasteiger partial charge on any atom is -0.329 e. The van der Waals surface area contributed by atoms with E-state index in [4.69, 9.17) is 11.6 Å². The van der Waals surface area contributed by atoms with Gasteiger partial charge in [0.25, 0.3) is 0 Å². The van der Waals surface area contributed by atoms with Gasteiger partial charge in [-0.15, -0.1) is 0 Å². The van der Waals surface area contributed by atoms with Gasteiger partial charge in [0.05, 0.1) is 12.1 Å². The SMILES string of the molecule is O=C(Nc1ccccc1)NC(c1ccccc1)C(NC(=O)Nc1ccc(Cl)cc1)c1ccccc1. The lowest BCUT2D eigenvalue weighted by Crippen LogP contribution is -2.43. The normalized spacial score (nSPS) is 12.1. The Hall–Kier alpha value is -4.29. The van der Waals surface area contributed by atoms with E-state index in [1.165, 1.54) is 0 Å². The molecule has 2 atom stereocenters. The number of rotatable bonds is 7. The van der Waals surface area contributed by atoms with Crippen molar-refractivity contribution in [2.45, 2.75) is 12.1 Å². The van der Waals surface area contributed by atoms with Crippen molar-refractivity contribution in [2.75, 3.05) is 10.6 Å². The molecule has 0 heterocycles. The minimum atomic E-state index is -0.563. The number of halogens is 1. The van der Waals surface area contributed by atoms with Crippen molar-refractivity contribution in [1.82, 2.24) is 10.6 Å². The summed E-state index contributed by atoms with van der Waals surface area (Å²) in [6, 6.07) is 33.2. The van der Waals surface area contributed by atoms with E-state index < -0.39 is 18.1 Å². The molecule has 0 aliphatic rings. The molecule has 35 heavy (non-hydrogen) atoms. The number of carbonyl (C=O) groups is 2. The maximum Gasteiger partial charge on any atom is 0.319 e. The van der Waals surface area contributed by atoms with Crippen LogP contribution in [0.1, 0.15) is 23.2 Å². The highest BCUT2D eigenvalue weighted by Gasteiger charge is 2.28. The molecule has 6 nitrogen and oxygen atoms in total. The highest BCUT2D eigenvalue weighted by atomic mass is 35.5. The molecule has 176 valence electrons. The summed E-state index contributed by atoms with van der Waals surface area (Å²) in [5.41, 5.74) is 2.95. The standard InChI is InChI=1S/C28H25ClN4O2/c29-22-16-18-24(19-17-22)31-28(35)33-26(21-12-6-2-7-13-21)25(20-10-4-1-5-11-20)32-27(34)30-23-14-8-3-9-15-23/h1-19,25-26H,(H2,30,32,34)(H2,31,33,35). The fourth-order valence-corrected chi connectivity index (χ4v) is 3.84. The van der Waals surface area contributed by atoms with Gasteiger partial charge in [-0.05, 0) is 47.5 Å². The van der Waals surface area contributed by atoms with Crippen LogP contribution in [0, 0.1) is 0 Å². The summed E-state index contributed by atoms with van der Waals surface area (Å²) < 4.78 is 0. The Kier molecular flexibility index (Phi) is 7.99. The van der Waals surface area contributed by atoms with Crippen LogP contribution in [-0.4, -0.2) is 12.1 Å². The zero-order chi connectivity index (χ0) is 24.5. The second kappa shape index (κ2) is 11.7. The average molecular weight is 485 g/mol. The number of urea groups is 2. The van der Waals surface area contributed by atoms with Gasteiger partial charge < -0.3 is 21.3 Å². The van der Waals surface area contributed by atoms with Gasteiger partial charge in [0, 0.05) is 16.4 Å². The smallest absolute Gasteiger partial charge is 0.319 e. The topological polar surface area (TPSA) is 82.3 Å². The number of nitrogens with one attached hydrogen (secondary N) is 4. The van der Waals surface area contributed by atoms with E-state index in [9.17, 15) is 9.59 Å². The summed E-state index contributed by atoms with van der Waals surface area (Å²) in [5.74, 6) is 0. The van der Waals surface area contributed by atoms with E-state index >= 15 is 0 Å². The van der Waals surface area contributed by atoms with Crippen molar-refractivity contribution in [3.05, 3.63) is 131 Å². The molecule has 4 amide bonds. The molecule has 0 saturated carbocycles. The van der Waals surface area contributed by atoms with Crippen LogP contribution in [0.15, 0.2) is 115 Å². The molecule has 0 aromatic heterocycles. The summed E-state index contributed by atoms with van der Waals surface area (Å²) in [6.45, 7) is 0. The Morgan fingerprint density at radius 2 is 0.886 bits per heavy atom. The molecule has 0 aliphatic heterocycles. The van der Waals surface area contributed by atoms with Gasteiger partial charge in [0.2, 0.25) is 0 Å². The first-order chi connectivity index (χ1) is 17.1. The molecule has 4 aromatic carbocycles. The van der Waals surface area contributed by atoms with Gasteiger partial charge in [-0.25, -0.2) is 9.59 Å². The lowest BCUT2D eigenvalue weighted by atomic mass is 9.93. The van der Waals surface area contributed by atoms with Gasteiger partial charge in [-0.3, -0.25) is 0 Å². The number of benzene rings is 4.